The zero-order chi connectivity index (χ0) is 18.1. The molecule has 0 spiro atoms. The molecule has 0 saturated carbocycles. The molecule has 1 amide bonds. The number of halogens is 1. The first kappa shape index (κ1) is 16.6. The lowest BCUT2D eigenvalue weighted by atomic mass is 10.2. The van der Waals surface area contributed by atoms with E-state index in [0.717, 1.165) is 11.0 Å². The number of H-pyrrole nitrogens is 1. The normalized spacial score (nSPS) is 12.5. The molecule has 1 atom stereocenters. The Bertz CT molecular complexity index is 1070. The fourth-order valence-corrected chi connectivity index (χ4v) is 3.70. The van der Waals surface area contributed by atoms with Crippen molar-refractivity contribution in [3.05, 3.63) is 54.3 Å². The lowest BCUT2D eigenvalue weighted by Crippen LogP contribution is -2.24. The molecule has 0 unspecified atom stereocenters. The van der Waals surface area contributed by atoms with Crippen LogP contribution < -0.4 is 5.32 Å². The lowest BCUT2D eigenvalue weighted by Gasteiger charge is -2.13. The quantitative estimate of drug-likeness (QED) is 0.524. The molecular weight excluding hydrogens is 353 g/mol. The molecule has 0 bridgehead atoms. The average Bonchev–Trinajstić information content (AvgIpc) is 3.21. The van der Waals surface area contributed by atoms with Crippen LogP contribution in [0.2, 0.25) is 0 Å². The second kappa shape index (κ2) is 6.80. The zero-order valence-corrected chi connectivity index (χ0v) is 14.8. The molecule has 0 aliphatic carbocycles. The van der Waals surface area contributed by atoms with Crippen LogP contribution in [0.25, 0.3) is 16.8 Å². The molecule has 2 heterocycles. The molecule has 0 saturated heterocycles. The third kappa shape index (κ3) is 3.03. The smallest absolute Gasteiger partial charge is 0.237 e. The van der Waals surface area contributed by atoms with E-state index in [9.17, 15) is 9.18 Å². The second-order valence-electron chi connectivity index (χ2n) is 5.78. The maximum Gasteiger partial charge on any atom is 0.237 e. The number of fused-ring (bicyclic) bond motifs is 3. The maximum atomic E-state index is 13.0. The number of amides is 1. The molecule has 0 radical (unpaired) electrons. The van der Waals surface area contributed by atoms with E-state index >= 15 is 0 Å². The highest BCUT2D eigenvalue weighted by molar-refractivity contribution is 8.00. The minimum Gasteiger partial charge on any atom is -0.325 e. The third-order valence-electron chi connectivity index (χ3n) is 4.03. The van der Waals surface area contributed by atoms with Gasteiger partial charge in [0.15, 0.2) is 5.16 Å². The first-order chi connectivity index (χ1) is 12.7. The van der Waals surface area contributed by atoms with Gasteiger partial charge in [-0.2, -0.15) is 0 Å². The molecule has 6 nitrogen and oxygen atoms in total. The van der Waals surface area contributed by atoms with Crippen LogP contribution in [0, 0.1) is 5.82 Å². The molecule has 4 rings (SSSR count). The van der Waals surface area contributed by atoms with Crippen molar-refractivity contribution in [2.75, 3.05) is 5.32 Å². The number of nitrogens with zero attached hydrogens (tertiary/aromatic N) is 3. The molecular formula is C18H16FN5OS. The number of aromatic amines is 1. The van der Waals surface area contributed by atoms with Gasteiger partial charge in [-0.05, 0) is 42.8 Å². The van der Waals surface area contributed by atoms with Gasteiger partial charge in [0.1, 0.15) is 5.82 Å². The molecule has 2 aromatic carbocycles. The van der Waals surface area contributed by atoms with Gasteiger partial charge in [-0.15, -0.1) is 5.10 Å². The molecule has 132 valence electrons. The van der Waals surface area contributed by atoms with Crippen LogP contribution in [-0.2, 0) is 4.79 Å². The largest absolute Gasteiger partial charge is 0.325 e. The van der Waals surface area contributed by atoms with Crippen LogP contribution in [0.5, 0.6) is 0 Å². The van der Waals surface area contributed by atoms with Gasteiger partial charge in [-0.3, -0.25) is 9.20 Å². The van der Waals surface area contributed by atoms with Crippen LogP contribution in [0.1, 0.15) is 13.3 Å². The highest BCUT2D eigenvalue weighted by Crippen LogP contribution is 2.28. The van der Waals surface area contributed by atoms with E-state index in [4.69, 9.17) is 0 Å². The van der Waals surface area contributed by atoms with E-state index in [1.165, 1.54) is 23.9 Å². The van der Waals surface area contributed by atoms with Crippen molar-refractivity contribution in [1.29, 1.82) is 0 Å². The maximum absolute atomic E-state index is 13.0. The number of para-hydroxylation sites is 2. The molecule has 0 aliphatic rings. The van der Waals surface area contributed by atoms with E-state index in [2.05, 4.69) is 20.5 Å². The lowest BCUT2D eigenvalue weighted by molar-refractivity contribution is -0.115. The topological polar surface area (TPSA) is 75.1 Å². The second-order valence-corrected chi connectivity index (χ2v) is 6.95. The predicted molar refractivity (Wildman–Crippen MR) is 99.8 cm³/mol. The van der Waals surface area contributed by atoms with Crippen molar-refractivity contribution >= 4 is 40.2 Å². The first-order valence-electron chi connectivity index (χ1n) is 8.20. The summed E-state index contributed by atoms with van der Waals surface area (Å²) in [5, 5.41) is 10.4. The number of benzene rings is 2. The fourth-order valence-electron chi connectivity index (χ4n) is 2.73. The summed E-state index contributed by atoms with van der Waals surface area (Å²) in [6, 6.07) is 13.5. The van der Waals surface area contributed by atoms with Crippen LogP contribution in [0.4, 0.5) is 10.1 Å². The number of carbonyl (C=O) groups excluding carboxylic acids is 1. The summed E-state index contributed by atoms with van der Waals surface area (Å²) < 4.78 is 14.9. The van der Waals surface area contributed by atoms with Gasteiger partial charge in [0.05, 0.1) is 16.3 Å². The Morgan fingerprint density at radius 1 is 1.27 bits per heavy atom. The van der Waals surface area contributed by atoms with Crippen molar-refractivity contribution in [3.63, 3.8) is 0 Å². The van der Waals surface area contributed by atoms with Crippen molar-refractivity contribution in [2.24, 2.45) is 0 Å². The van der Waals surface area contributed by atoms with Gasteiger partial charge < -0.3 is 5.32 Å². The monoisotopic (exact) mass is 369 g/mol. The van der Waals surface area contributed by atoms with Gasteiger partial charge in [0.25, 0.3) is 0 Å². The van der Waals surface area contributed by atoms with Gasteiger partial charge in [-0.25, -0.2) is 14.5 Å². The Morgan fingerprint density at radius 2 is 2.04 bits per heavy atom. The standard InChI is InChI=1S/C18H16FN5OS/c1-2-15(16(25)20-12-9-7-11(19)8-10-12)26-18-23-22-17-21-13-5-3-4-6-14(13)24(17)18/h3-10,15H,2H2,1H3,(H,20,25)(H,21,22)/t15-/m1/s1. The van der Waals surface area contributed by atoms with Crippen molar-refractivity contribution in [1.82, 2.24) is 19.6 Å². The highest BCUT2D eigenvalue weighted by Gasteiger charge is 2.22. The van der Waals surface area contributed by atoms with Crippen LogP contribution in [0.3, 0.4) is 0 Å². The summed E-state index contributed by atoms with van der Waals surface area (Å²) in [4.78, 5) is 17.1. The van der Waals surface area contributed by atoms with Crippen LogP contribution in [-0.4, -0.2) is 30.7 Å². The molecule has 0 fully saturated rings. The van der Waals surface area contributed by atoms with Crippen LogP contribution >= 0.6 is 11.8 Å². The summed E-state index contributed by atoms with van der Waals surface area (Å²) in [6.07, 6.45) is 0.624. The number of carbonyl (C=O) groups is 1. The van der Waals surface area contributed by atoms with Gasteiger partial charge in [0.2, 0.25) is 11.7 Å². The van der Waals surface area contributed by atoms with Gasteiger partial charge >= 0.3 is 0 Å². The zero-order valence-electron chi connectivity index (χ0n) is 13.9. The Balaban J connectivity index is 1.59. The van der Waals surface area contributed by atoms with Crippen molar-refractivity contribution in [3.8, 4) is 0 Å². The number of rotatable bonds is 5. The average molecular weight is 369 g/mol. The minimum absolute atomic E-state index is 0.148. The van der Waals surface area contributed by atoms with Crippen molar-refractivity contribution < 1.29 is 9.18 Å². The summed E-state index contributed by atoms with van der Waals surface area (Å²) in [7, 11) is 0. The molecule has 4 aromatic rings. The Labute approximate surface area is 152 Å². The highest BCUT2D eigenvalue weighted by atomic mass is 32.2. The number of aromatic nitrogens is 4. The number of nitrogens with one attached hydrogen (secondary N) is 2. The van der Waals surface area contributed by atoms with Gasteiger partial charge in [-0.1, -0.05) is 30.8 Å². The summed E-state index contributed by atoms with van der Waals surface area (Å²) in [6.45, 7) is 1.94. The third-order valence-corrected chi connectivity index (χ3v) is 5.34. The van der Waals surface area contributed by atoms with E-state index in [1.54, 1.807) is 12.1 Å². The Hall–Kier alpha value is -2.87. The number of imidazole rings is 1. The minimum atomic E-state index is -0.340. The number of hydrogen-bond donors (Lipinski definition) is 2. The Morgan fingerprint density at radius 3 is 2.81 bits per heavy atom. The predicted octanol–water partition coefficient (Wildman–Crippen LogP) is 3.86. The number of anilines is 1. The van der Waals surface area contributed by atoms with Crippen LogP contribution in [0.15, 0.2) is 53.7 Å². The van der Waals surface area contributed by atoms with E-state index in [0.29, 0.717) is 23.0 Å². The summed E-state index contributed by atoms with van der Waals surface area (Å²) >= 11 is 1.37. The van der Waals surface area contributed by atoms with E-state index < -0.39 is 0 Å². The Kier molecular flexibility index (Phi) is 4.34. The fraction of sp³-hybridized carbons (Fsp3) is 0.167. The summed E-state index contributed by atoms with van der Waals surface area (Å²) in [5.74, 6) is 0.155. The molecule has 2 aromatic heterocycles. The summed E-state index contributed by atoms with van der Waals surface area (Å²) in [5.41, 5.74) is 2.37. The number of thioether (sulfide) groups is 1. The molecule has 2 N–H and O–H groups in total. The molecule has 0 aliphatic heterocycles. The number of hydrogen-bond acceptors (Lipinski definition) is 4. The molecule has 8 heteroatoms. The SMILES string of the molecule is CC[C@@H](Sc1n[nH]c2nc3ccccc3n12)C(=O)Nc1ccc(F)cc1. The first-order valence-corrected chi connectivity index (χ1v) is 9.08. The molecule has 26 heavy (non-hydrogen) atoms. The van der Waals surface area contributed by atoms with Gasteiger partial charge in [0, 0.05) is 5.69 Å². The van der Waals surface area contributed by atoms with E-state index in [1.807, 2.05) is 35.6 Å². The van der Waals surface area contributed by atoms with Crippen molar-refractivity contribution in [2.45, 2.75) is 23.8 Å². The van der Waals surface area contributed by atoms with E-state index in [-0.39, 0.29) is 17.0 Å².